The zero-order chi connectivity index (χ0) is 41.1. The fourth-order valence-corrected chi connectivity index (χ4v) is 7.82. The molecule has 312 valence electrons. The van der Waals surface area contributed by atoms with Crippen molar-refractivity contribution in [1.29, 1.82) is 0 Å². The average Bonchev–Trinajstić information content (AvgIpc) is 3.93. The minimum Gasteiger partial charge on any atom is -0.444 e. The summed E-state index contributed by atoms with van der Waals surface area (Å²) in [5.41, 5.74) is 4.55. The van der Waals surface area contributed by atoms with Crippen molar-refractivity contribution in [3.8, 4) is 0 Å². The zero-order valence-electron chi connectivity index (χ0n) is 33.6. The van der Waals surface area contributed by atoms with Crippen molar-refractivity contribution < 1.29 is 28.7 Å². The molecule has 1 fully saturated rings. The summed E-state index contributed by atoms with van der Waals surface area (Å²) in [4.78, 5) is 66.8. The Morgan fingerprint density at radius 2 is 1.53 bits per heavy atom. The number of rotatable bonds is 21. The topological polar surface area (TPSA) is 167 Å². The van der Waals surface area contributed by atoms with E-state index >= 15 is 0 Å². The van der Waals surface area contributed by atoms with Gasteiger partial charge in [0.25, 0.3) is 0 Å². The number of aromatic nitrogens is 2. The van der Waals surface area contributed by atoms with Gasteiger partial charge in [-0.1, -0.05) is 74.5 Å². The summed E-state index contributed by atoms with van der Waals surface area (Å²) in [6.45, 7) is 7.49. The van der Waals surface area contributed by atoms with E-state index in [1.807, 2.05) is 70.9 Å². The lowest BCUT2D eigenvalue weighted by molar-refractivity contribution is -0.125. The van der Waals surface area contributed by atoms with Crippen LogP contribution in [0.3, 0.4) is 0 Å². The van der Waals surface area contributed by atoms with E-state index < -0.39 is 18.2 Å². The van der Waals surface area contributed by atoms with E-state index in [9.17, 15) is 19.2 Å². The average molecular weight is 833 g/mol. The standard InChI is InChI=1S/C42H56N8O6S2/c1-30(2)40-46-35(28-57-40)25-49(3)41(53)48-37(16-17-44-38(51)26-50-18-20-55-21-19-50)39(52)45-33(22-31-10-6-4-7-11-31)14-15-34(23-32-12-8-5-9-13-32)47-42(54)56-27-36-24-43-29-58-36/h4-13,24,28-30,33-34,37H,14-23,25-27H2,1-3H3,(H,44,51)(H,45,52)(H,47,54)(H,48,53). The summed E-state index contributed by atoms with van der Waals surface area (Å²) in [6.07, 6.45) is 3.47. The zero-order valence-corrected chi connectivity index (χ0v) is 35.2. The molecule has 3 atom stereocenters. The number of alkyl carbamates (subject to hydrolysis) is 1. The smallest absolute Gasteiger partial charge is 0.407 e. The van der Waals surface area contributed by atoms with Crippen molar-refractivity contribution in [1.82, 2.24) is 41.0 Å². The molecule has 4 N–H and O–H groups in total. The number of hydrogen-bond acceptors (Lipinski definition) is 11. The van der Waals surface area contributed by atoms with Crippen molar-refractivity contribution in [2.45, 2.75) is 83.1 Å². The van der Waals surface area contributed by atoms with Crippen LogP contribution in [0.2, 0.25) is 0 Å². The van der Waals surface area contributed by atoms with Gasteiger partial charge in [0.2, 0.25) is 11.8 Å². The Kier molecular flexibility index (Phi) is 17.9. The fraction of sp³-hybridized carbons (Fsp3) is 0.476. The maximum Gasteiger partial charge on any atom is 0.407 e. The number of nitrogens with one attached hydrogen (secondary N) is 4. The van der Waals surface area contributed by atoms with Crippen molar-refractivity contribution in [3.05, 3.63) is 104 Å². The Balaban J connectivity index is 1.27. The van der Waals surface area contributed by atoms with Gasteiger partial charge < -0.3 is 35.6 Å². The molecular formula is C42H56N8O6S2. The van der Waals surface area contributed by atoms with Crippen molar-refractivity contribution in [2.75, 3.05) is 46.4 Å². The van der Waals surface area contributed by atoms with E-state index in [1.165, 1.54) is 16.2 Å². The molecule has 0 spiro atoms. The quantitative estimate of drug-likeness (QED) is 0.0892. The molecule has 0 saturated carbocycles. The molecule has 5 rings (SSSR count). The van der Waals surface area contributed by atoms with Crippen LogP contribution in [0.15, 0.2) is 77.8 Å². The molecule has 0 radical (unpaired) electrons. The summed E-state index contributed by atoms with van der Waals surface area (Å²) in [7, 11) is 1.67. The van der Waals surface area contributed by atoms with Crippen LogP contribution in [0.25, 0.3) is 0 Å². The first kappa shape index (κ1) is 44.2. The predicted octanol–water partition coefficient (Wildman–Crippen LogP) is 5.12. The van der Waals surface area contributed by atoms with Crippen LogP contribution in [0, 0.1) is 0 Å². The first-order chi connectivity index (χ1) is 28.1. The van der Waals surface area contributed by atoms with Crippen LogP contribution in [0.1, 0.15) is 65.7 Å². The molecule has 0 aliphatic carbocycles. The molecule has 0 bridgehead atoms. The molecule has 1 saturated heterocycles. The van der Waals surface area contributed by atoms with E-state index in [1.54, 1.807) is 30.1 Å². The molecule has 1 aliphatic heterocycles. The van der Waals surface area contributed by atoms with Gasteiger partial charge in [-0.15, -0.1) is 22.7 Å². The van der Waals surface area contributed by atoms with Gasteiger partial charge >= 0.3 is 12.1 Å². The molecule has 3 unspecified atom stereocenters. The fourth-order valence-electron chi connectivity index (χ4n) is 6.49. The number of carbonyl (C=O) groups excluding carboxylic acids is 4. The van der Waals surface area contributed by atoms with E-state index in [2.05, 4.69) is 45.1 Å². The molecular weight excluding hydrogens is 777 g/mol. The highest BCUT2D eigenvalue weighted by atomic mass is 32.1. The molecule has 58 heavy (non-hydrogen) atoms. The number of hydrogen-bond donors (Lipinski definition) is 4. The van der Waals surface area contributed by atoms with Gasteiger partial charge in [-0.05, 0) is 43.2 Å². The maximum atomic E-state index is 14.3. The largest absolute Gasteiger partial charge is 0.444 e. The Labute approximate surface area is 349 Å². The third-order valence-corrected chi connectivity index (χ3v) is 11.6. The molecule has 14 nitrogen and oxygen atoms in total. The van der Waals surface area contributed by atoms with Gasteiger partial charge in [0.1, 0.15) is 12.6 Å². The van der Waals surface area contributed by atoms with Crippen LogP contribution < -0.4 is 21.3 Å². The van der Waals surface area contributed by atoms with Crippen molar-refractivity contribution >= 4 is 46.6 Å². The lowest BCUT2D eigenvalue weighted by atomic mass is 9.95. The second-order valence-electron chi connectivity index (χ2n) is 14.8. The van der Waals surface area contributed by atoms with Crippen molar-refractivity contribution in [3.63, 3.8) is 0 Å². The first-order valence-corrected chi connectivity index (χ1v) is 21.6. The van der Waals surface area contributed by atoms with Gasteiger partial charge in [-0.3, -0.25) is 19.5 Å². The highest BCUT2D eigenvalue weighted by molar-refractivity contribution is 7.09. The summed E-state index contributed by atoms with van der Waals surface area (Å²) in [5, 5.41) is 15.1. The lowest BCUT2D eigenvalue weighted by Crippen LogP contribution is -2.54. The van der Waals surface area contributed by atoms with E-state index in [4.69, 9.17) is 9.47 Å². The van der Waals surface area contributed by atoms with Crippen LogP contribution in [0.4, 0.5) is 9.59 Å². The highest BCUT2D eigenvalue weighted by Gasteiger charge is 2.27. The van der Waals surface area contributed by atoms with Crippen molar-refractivity contribution in [2.24, 2.45) is 0 Å². The number of ether oxygens (including phenoxy) is 2. The third-order valence-electron chi connectivity index (χ3n) is 9.66. The van der Waals surface area contributed by atoms with E-state index in [0.717, 1.165) is 26.7 Å². The van der Waals surface area contributed by atoms with Gasteiger partial charge in [-0.25, -0.2) is 14.6 Å². The number of urea groups is 1. The summed E-state index contributed by atoms with van der Waals surface area (Å²) < 4.78 is 10.9. The minimum absolute atomic E-state index is 0.125. The van der Waals surface area contributed by atoms with Crippen LogP contribution >= 0.6 is 22.7 Å². The Hall–Kier alpha value is -4.90. The summed E-state index contributed by atoms with van der Waals surface area (Å²) >= 11 is 2.97. The predicted molar refractivity (Wildman–Crippen MR) is 226 cm³/mol. The van der Waals surface area contributed by atoms with Gasteiger partial charge in [0.15, 0.2) is 0 Å². The number of thiazole rings is 2. The SMILES string of the molecule is CC(C)c1nc(CN(C)C(=O)NC(CCNC(=O)CN2CCOCC2)C(=O)NC(CCC(Cc2ccccc2)NC(=O)OCc2cncs2)Cc2ccccc2)cs1. The van der Waals surface area contributed by atoms with Gasteiger partial charge in [-0.2, -0.15) is 0 Å². The third kappa shape index (κ3) is 15.5. The minimum atomic E-state index is -0.946. The van der Waals surface area contributed by atoms with Crippen LogP contribution in [0.5, 0.6) is 0 Å². The number of benzene rings is 2. The molecule has 16 heteroatoms. The second-order valence-corrected chi connectivity index (χ2v) is 16.6. The monoisotopic (exact) mass is 832 g/mol. The Morgan fingerprint density at radius 1 is 0.879 bits per heavy atom. The number of morpholine rings is 1. The summed E-state index contributed by atoms with van der Waals surface area (Å²) in [5.74, 6) is -0.239. The molecule has 5 amide bonds. The second kappa shape index (κ2) is 23.5. The normalized spacial score (nSPS) is 14.6. The molecule has 3 heterocycles. The van der Waals surface area contributed by atoms with Gasteiger partial charge in [0.05, 0.1) is 47.4 Å². The molecule has 2 aromatic carbocycles. The summed E-state index contributed by atoms with van der Waals surface area (Å²) in [6, 6.07) is 17.8. The molecule has 4 aromatic rings. The maximum absolute atomic E-state index is 14.3. The lowest BCUT2D eigenvalue weighted by Gasteiger charge is -2.27. The number of amides is 5. The Morgan fingerprint density at radius 3 is 2.14 bits per heavy atom. The molecule has 1 aliphatic rings. The first-order valence-electron chi connectivity index (χ1n) is 19.8. The number of carbonyl (C=O) groups is 4. The highest BCUT2D eigenvalue weighted by Crippen LogP contribution is 2.20. The number of nitrogens with zero attached hydrogens (tertiary/aromatic N) is 4. The van der Waals surface area contributed by atoms with Crippen LogP contribution in [-0.2, 0) is 45.1 Å². The molecule has 2 aromatic heterocycles. The van der Waals surface area contributed by atoms with E-state index in [0.29, 0.717) is 52.0 Å². The van der Waals surface area contributed by atoms with Crippen LogP contribution in [-0.4, -0.2) is 108 Å². The van der Waals surface area contributed by atoms with Gasteiger partial charge in [0, 0.05) is 56.3 Å². The Bertz CT molecular complexity index is 1840. The van der Waals surface area contributed by atoms with E-state index in [-0.39, 0.29) is 62.5 Å².